The van der Waals surface area contributed by atoms with E-state index in [1.165, 1.54) is 0 Å². The van der Waals surface area contributed by atoms with Crippen LogP contribution in [0.25, 0.3) is 10.9 Å². The van der Waals surface area contributed by atoms with Crippen molar-refractivity contribution < 1.29 is 9.59 Å². The molecule has 2 N–H and O–H groups in total. The van der Waals surface area contributed by atoms with Crippen molar-refractivity contribution in [3.8, 4) is 0 Å². The minimum atomic E-state index is -0.00392. The maximum atomic E-state index is 12.9. The molecule has 3 heterocycles. The molecule has 2 saturated heterocycles. The Labute approximate surface area is 134 Å². The van der Waals surface area contributed by atoms with Gasteiger partial charge in [-0.3, -0.25) is 4.79 Å². The SMILES string of the molecule is O=C(c1cccc2cc[nH]c12)N1CCCC(N2CCNC2=O)C1. The monoisotopic (exact) mass is 312 g/mol. The number of amides is 3. The predicted molar refractivity (Wildman–Crippen MR) is 87.3 cm³/mol. The highest BCUT2D eigenvalue weighted by Gasteiger charge is 2.33. The molecular weight excluding hydrogens is 292 g/mol. The Morgan fingerprint density at radius 3 is 2.96 bits per heavy atom. The Balaban J connectivity index is 1.56. The first-order valence-corrected chi connectivity index (χ1v) is 8.14. The number of fused-ring (bicyclic) bond motifs is 1. The van der Waals surface area contributed by atoms with Crippen LogP contribution in [0.5, 0.6) is 0 Å². The van der Waals surface area contributed by atoms with Crippen molar-refractivity contribution in [2.75, 3.05) is 26.2 Å². The number of carbonyl (C=O) groups is 2. The number of carbonyl (C=O) groups excluding carboxylic acids is 2. The minimum absolute atomic E-state index is 0.00392. The van der Waals surface area contributed by atoms with Gasteiger partial charge in [0, 0.05) is 37.8 Å². The number of nitrogens with one attached hydrogen (secondary N) is 2. The van der Waals surface area contributed by atoms with Gasteiger partial charge in [0.05, 0.1) is 17.1 Å². The third-order valence-corrected chi connectivity index (χ3v) is 4.83. The molecule has 1 aromatic carbocycles. The lowest BCUT2D eigenvalue weighted by atomic mass is 10.0. The molecule has 0 radical (unpaired) electrons. The molecular formula is C17H20N4O2. The van der Waals surface area contributed by atoms with Gasteiger partial charge in [0.25, 0.3) is 5.91 Å². The highest BCUT2D eigenvalue weighted by atomic mass is 16.2. The van der Waals surface area contributed by atoms with Crippen LogP contribution >= 0.6 is 0 Å². The number of hydrogen-bond donors (Lipinski definition) is 2. The molecule has 0 aliphatic carbocycles. The Hall–Kier alpha value is -2.50. The van der Waals surface area contributed by atoms with Gasteiger partial charge in [-0.05, 0) is 25.0 Å². The second-order valence-corrected chi connectivity index (χ2v) is 6.22. The van der Waals surface area contributed by atoms with Crippen molar-refractivity contribution in [1.82, 2.24) is 20.1 Å². The summed E-state index contributed by atoms with van der Waals surface area (Å²) >= 11 is 0. The number of hydrogen-bond acceptors (Lipinski definition) is 2. The molecule has 0 spiro atoms. The first-order valence-electron chi connectivity index (χ1n) is 8.14. The number of H-pyrrole nitrogens is 1. The summed E-state index contributed by atoms with van der Waals surface area (Å²) < 4.78 is 0. The molecule has 120 valence electrons. The van der Waals surface area contributed by atoms with Gasteiger partial charge in [0.15, 0.2) is 0 Å². The number of likely N-dealkylation sites (tertiary alicyclic amines) is 1. The van der Waals surface area contributed by atoms with Crippen LogP contribution in [0.4, 0.5) is 4.79 Å². The zero-order chi connectivity index (χ0) is 15.8. The molecule has 2 aliphatic rings. The van der Waals surface area contributed by atoms with Crippen LogP contribution in [0, 0.1) is 0 Å². The smallest absolute Gasteiger partial charge is 0.317 e. The van der Waals surface area contributed by atoms with E-state index in [0.29, 0.717) is 18.7 Å². The lowest BCUT2D eigenvalue weighted by molar-refractivity contribution is 0.0636. The standard InChI is InChI=1S/C17H20N4O2/c22-16(14-5-1-3-12-6-7-18-15(12)14)20-9-2-4-13(11-20)21-10-8-19-17(21)23/h1,3,5-7,13,18H,2,4,8-11H2,(H,19,23). The van der Waals surface area contributed by atoms with E-state index in [-0.39, 0.29) is 18.0 Å². The summed E-state index contributed by atoms with van der Waals surface area (Å²) in [4.78, 5) is 31.7. The summed E-state index contributed by atoms with van der Waals surface area (Å²) in [7, 11) is 0. The maximum Gasteiger partial charge on any atom is 0.317 e. The lowest BCUT2D eigenvalue weighted by Gasteiger charge is -2.37. The van der Waals surface area contributed by atoms with Crippen molar-refractivity contribution >= 4 is 22.8 Å². The second-order valence-electron chi connectivity index (χ2n) is 6.22. The summed E-state index contributed by atoms with van der Waals surface area (Å²) in [5.74, 6) is 0.0438. The van der Waals surface area contributed by atoms with E-state index in [9.17, 15) is 9.59 Å². The van der Waals surface area contributed by atoms with Gasteiger partial charge in [0.1, 0.15) is 0 Å². The highest BCUT2D eigenvalue weighted by Crippen LogP contribution is 2.23. The second kappa shape index (κ2) is 5.61. The lowest BCUT2D eigenvalue weighted by Crippen LogP contribution is -2.50. The molecule has 0 saturated carbocycles. The predicted octanol–water partition coefficient (Wildman–Crippen LogP) is 1.80. The minimum Gasteiger partial charge on any atom is -0.361 e. The third-order valence-electron chi connectivity index (χ3n) is 4.83. The van der Waals surface area contributed by atoms with E-state index in [1.807, 2.05) is 40.3 Å². The molecule has 6 heteroatoms. The number of nitrogens with zero attached hydrogens (tertiary/aromatic N) is 2. The normalized spacial score (nSPS) is 21.7. The van der Waals surface area contributed by atoms with Crippen LogP contribution < -0.4 is 5.32 Å². The number of rotatable bonds is 2. The number of aromatic amines is 1. The summed E-state index contributed by atoms with van der Waals surface area (Å²) in [5.41, 5.74) is 1.59. The van der Waals surface area contributed by atoms with Crippen molar-refractivity contribution in [2.45, 2.75) is 18.9 Å². The first-order chi connectivity index (χ1) is 11.2. The van der Waals surface area contributed by atoms with Gasteiger partial charge < -0.3 is 20.1 Å². The largest absolute Gasteiger partial charge is 0.361 e. The molecule has 0 bridgehead atoms. The summed E-state index contributed by atoms with van der Waals surface area (Å²) in [5, 5.41) is 3.89. The summed E-state index contributed by atoms with van der Waals surface area (Å²) in [6.45, 7) is 2.80. The van der Waals surface area contributed by atoms with Crippen molar-refractivity contribution in [3.05, 3.63) is 36.0 Å². The zero-order valence-electron chi connectivity index (χ0n) is 12.9. The average Bonchev–Trinajstić information content (AvgIpc) is 3.22. The quantitative estimate of drug-likeness (QED) is 0.888. The van der Waals surface area contributed by atoms with Gasteiger partial charge in [-0.2, -0.15) is 0 Å². The first kappa shape index (κ1) is 14.1. The number of para-hydroxylation sites is 1. The number of aromatic nitrogens is 1. The van der Waals surface area contributed by atoms with Crippen LogP contribution in [0.3, 0.4) is 0 Å². The van der Waals surface area contributed by atoms with Crippen LogP contribution in [0.15, 0.2) is 30.5 Å². The fourth-order valence-electron chi connectivity index (χ4n) is 3.66. The van der Waals surface area contributed by atoms with E-state index in [4.69, 9.17) is 0 Å². The topological polar surface area (TPSA) is 68.4 Å². The molecule has 2 aliphatic heterocycles. The number of urea groups is 1. The Bertz CT molecular complexity index is 754. The van der Waals surface area contributed by atoms with Gasteiger partial charge in [-0.1, -0.05) is 12.1 Å². The highest BCUT2D eigenvalue weighted by molar-refractivity contribution is 6.05. The van der Waals surface area contributed by atoms with Crippen LogP contribution in [0.1, 0.15) is 23.2 Å². The zero-order valence-corrected chi connectivity index (χ0v) is 12.9. The Kier molecular flexibility index (Phi) is 3.44. The van der Waals surface area contributed by atoms with Crippen molar-refractivity contribution in [2.24, 2.45) is 0 Å². The summed E-state index contributed by atoms with van der Waals surface area (Å²) in [6.07, 6.45) is 3.75. The molecule has 1 atom stereocenters. The Morgan fingerprint density at radius 2 is 2.13 bits per heavy atom. The molecule has 2 aromatic rings. The van der Waals surface area contributed by atoms with Gasteiger partial charge in [0.2, 0.25) is 0 Å². The van der Waals surface area contributed by atoms with Gasteiger partial charge >= 0.3 is 6.03 Å². The van der Waals surface area contributed by atoms with Gasteiger partial charge in [-0.25, -0.2) is 4.79 Å². The molecule has 3 amide bonds. The van der Waals surface area contributed by atoms with E-state index < -0.39 is 0 Å². The molecule has 1 unspecified atom stereocenters. The molecule has 4 rings (SSSR count). The molecule has 23 heavy (non-hydrogen) atoms. The fraction of sp³-hybridized carbons (Fsp3) is 0.412. The van der Waals surface area contributed by atoms with Crippen LogP contribution in [-0.4, -0.2) is 58.9 Å². The number of piperidine rings is 1. The van der Waals surface area contributed by atoms with Crippen molar-refractivity contribution in [3.63, 3.8) is 0 Å². The molecule has 6 nitrogen and oxygen atoms in total. The van der Waals surface area contributed by atoms with E-state index >= 15 is 0 Å². The molecule has 2 fully saturated rings. The fourth-order valence-corrected chi connectivity index (χ4v) is 3.66. The van der Waals surface area contributed by atoms with Crippen molar-refractivity contribution in [1.29, 1.82) is 0 Å². The maximum absolute atomic E-state index is 12.9. The summed E-state index contributed by atoms with van der Waals surface area (Å²) in [6, 6.07) is 7.87. The van der Waals surface area contributed by atoms with Gasteiger partial charge in [-0.15, -0.1) is 0 Å². The number of benzene rings is 1. The van der Waals surface area contributed by atoms with E-state index in [2.05, 4.69) is 10.3 Å². The Morgan fingerprint density at radius 1 is 1.22 bits per heavy atom. The average molecular weight is 312 g/mol. The van der Waals surface area contributed by atoms with E-state index in [1.54, 1.807) is 0 Å². The third kappa shape index (κ3) is 2.44. The molecule has 1 aromatic heterocycles. The van der Waals surface area contributed by atoms with Crippen LogP contribution in [0.2, 0.25) is 0 Å². The van der Waals surface area contributed by atoms with Crippen LogP contribution in [-0.2, 0) is 0 Å². The van der Waals surface area contributed by atoms with E-state index in [0.717, 1.165) is 36.8 Å².